The summed E-state index contributed by atoms with van der Waals surface area (Å²) in [5, 5.41) is 17.4. The van der Waals surface area contributed by atoms with Crippen molar-refractivity contribution >= 4 is 29.4 Å². The van der Waals surface area contributed by atoms with E-state index < -0.39 is 10.8 Å². The normalized spacial score (nSPS) is 10.5. The minimum atomic E-state index is -0.544. The smallest absolute Gasteiger partial charge is 0.271 e. The van der Waals surface area contributed by atoms with Crippen LogP contribution < -0.4 is 15.5 Å². The number of para-hydroxylation sites is 1. The number of ether oxygens (including phenoxy) is 1. The zero-order valence-corrected chi connectivity index (χ0v) is 17.1. The van der Waals surface area contributed by atoms with Crippen LogP contribution in [0.1, 0.15) is 21.5 Å². The van der Waals surface area contributed by atoms with Crippen LogP contribution in [0, 0.1) is 17.0 Å². The summed E-state index contributed by atoms with van der Waals surface area (Å²) in [7, 11) is 0. The predicted molar refractivity (Wildman–Crippen MR) is 120 cm³/mol. The minimum Gasteiger partial charge on any atom is -0.483 e. The molecule has 162 valence electrons. The second-order valence-corrected chi connectivity index (χ2v) is 6.75. The van der Waals surface area contributed by atoms with Crippen LogP contribution in [-0.4, -0.2) is 29.6 Å². The maximum absolute atomic E-state index is 12.2. The Morgan fingerprint density at radius 2 is 1.81 bits per heavy atom. The number of rotatable bonds is 8. The Labute approximate surface area is 183 Å². The zero-order chi connectivity index (χ0) is 22.9. The van der Waals surface area contributed by atoms with Gasteiger partial charge in [-0.15, -0.1) is 0 Å². The van der Waals surface area contributed by atoms with Crippen LogP contribution in [-0.2, 0) is 4.79 Å². The number of aryl methyl sites for hydroxylation is 1. The molecular weight excluding hydrogens is 412 g/mol. The van der Waals surface area contributed by atoms with Gasteiger partial charge in [0.25, 0.3) is 17.5 Å². The second kappa shape index (κ2) is 10.5. The lowest BCUT2D eigenvalue weighted by molar-refractivity contribution is -0.384. The Morgan fingerprint density at radius 1 is 1.06 bits per heavy atom. The van der Waals surface area contributed by atoms with E-state index >= 15 is 0 Å². The van der Waals surface area contributed by atoms with Crippen LogP contribution in [0.5, 0.6) is 5.75 Å². The quantitative estimate of drug-likeness (QED) is 0.319. The molecule has 0 spiro atoms. The van der Waals surface area contributed by atoms with Gasteiger partial charge in [0, 0.05) is 28.9 Å². The number of benzene rings is 3. The molecule has 2 amide bonds. The highest BCUT2D eigenvalue weighted by Gasteiger charge is 2.09. The summed E-state index contributed by atoms with van der Waals surface area (Å²) in [5.41, 5.74) is 4.74. The molecule has 0 saturated carbocycles. The molecular formula is C23H20N4O5. The van der Waals surface area contributed by atoms with Crippen LogP contribution in [0.3, 0.4) is 0 Å². The highest BCUT2D eigenvalue weighted by atomic mass is 16.6. The number of carbonyl (C=O) groups is 2. The summed E-state index contributed by atoms with van der Waals surface area (Å²) < 4.78 is 5.60. The number of anilines is 1. The van der Waals surface area contributed by atoms with Crippen molar-refractivity contribution in [3.05, 3.63) is 99.6 Å². The fourth-order valence-corrected chi connectivity index (χ4v) is 2.74. The molecule has 0 aliphatic carbocycles. The van der Waals surface area contributed by atoms with Gasteiger partial charge in [-0.1, -0.05) is 24.3 Å². The number of nitro benzene ring substituents is 1. The summed E-state index contributed by atoms with van der Waals surface area (Å²) in [5.74, 6) is -0.416. The summed E-state index contributed by atoms with van der Waals surface area (Å²) in [4.78, 5) is 34.4. The van der Waals surface area contributed by atoms with E-state index in [1.165, 1.54) is 30.5 Å². The van der Waals surface area contributed by atoms with E-state index in [0.29, 0.717) is 17.0 Å². The third-order valence-corrected chi connectivity index (χ3v) is 4.29. The van der Waals surface area contributed by atoms with Crippen molar-refractivity contribution in [2.75, 3.05) is 11.9 Å². The van der Waals surface area contributed by atoms with Crippen molar-refractivity contribution in [1.82, 2.24) is 5.43 Å². The molecule has 0 heterocycles. The standard InChI is InChI=1S/C23H20N4O5/c1-16-5-4-7-19(13-16)25-22(28)15-32-21-8-3-2-6-18(21)14-24-26-23(29)17-9-11-20(12-10-17)27(30)31/h2-14H,15H2,1H3,(H,25,28)(H,26,29)/b24-14+. The number of amides is 2. The largest absolute Gasteiger partial charge is 0.483 e. The topological polar surface area (TPSA) is 123 Å². The molecule has 0 atom stereocenters. The lowest BCUT2D eigenvalue weighted by Gasteiger charge is -2.10. The molecule has 3 aromatic carbocycles. The molecule has 0 saturated heterocycles. The van der Waals surface area contributed by atoms with Gasteiger partial charge in [0.2, 0.25) is 0 Å². The fraction of sp³-hybridized carbons (Fsp3) is 0.0870. The molecule has 9 heteroatoms. The first-order chi connectivity index (χ1) is 15.4. The van der Waals surface area contributed by atoms with E-state index in [4.69, 9.17) is 4.74 Å². The van der Waals surface area contributed by atoms with Gasteiger partial charge in [-0.05, 0) is 48.9 Å². The van der Waals surface area contributed by atoms with Crippen molar-refractivity contribution in [2.45, 2.75) is 6.92 Å². The lowest BCUT2D eigenvalue weighted by Crippen LogP contribution is -2.20. The van der Waals surface area contributed by atoms with E-state index in [9.17, 15) is 19.7 Å². The molecule has 3 aromatic rings. The molecule has 0 aromatic heterocycles. The van der Waals surface area contributed by atoms with E-state index in [-0.39, 0.29) is 23.8 Å². The molecule has 9 nitrogen and oxygen atoms in total. The highest BCUT2D eigenvalue weighted by Crippen LogP contribution is 2.16. The Hall–Kier alpha value is -4.53. The molecule has 0 fully saturated rings. The van der Waals surface area contributed by atoms with Crippen LogP contribution in [0.4, 0.5) is 11.4 Å². The number of non-ortho nitro benzene ring substituents is 1. The average molecular weight is 432 g/mol. The van der Waals surface area contributed by atoms with Crippen molar-refractivity contribution in [2.24, 2.45) is 5.10 Å². The van der Waals surface area contributed by atoms with Gasteiger partial charge < -0.3 is 10.1 Å². The Kier molecular flexibility index (Phi) is 7.26. The SMILES string of the molecule is Cc1cccc(NC(=O)COc2ccccc2/C=N/NC(=O)c2ccc([N+](=O)[O-])cc2)c1. The number of nitro groups is 1. The molecule has 2 N–H and O–H groups in total. The van der Waals surface area contributed by atoms with Gasteiger partial charge >= 0.3 is 0 Å². The highest BCUT2D eigenvalue weighted by molar-refractivity contribution is 5.95. The van der Waals surface area contributed by atoms with Crippen LogP contribution in [0.25, 0.3) is 0 Å². The van der Waals surface area contributed by atoms with Crippen molar-refractivity contribution in [3.8, 4) is 5.75 Å². The van der Waals surface area contributed by atoms with Gasteiger partial charge in [0.15, 0.2) is 6.61 Å². The molecule has 0 bridgehead atoms. The average Bonchev–Trinajstić information content (AvgIpc) is 2.78. The molecule has 0 aliphatic rings. The maximum atomic E-state index is 12.2. The summed E-state index contributed by atoms with van der Waals surface area (Å²) in [6.45, 7) is 1.73. The Morgan fingerprint density at radius 3 is 2.53 bits per heavy atom. The number of carbonyl (C=O) groups excluding carboxylic acids is 2. The van der Waals surface area contributed by atoms with Crippen molar-refractivity contribution < 1.29 is 19.2 Å². The van der Waals surface area contributed by atoms with E-state index in [0.717, 1.165) is 5.56 Å². The first kappa shape index (κ1) is 22.2. The number of hydrazone groups is 1. The van der Waals surface area contributed by atoms with Crippen molar-refractivity contribution in [3.63, 3.8) is 0 Å². The molecule has 0 aliphatic heterocycles. The molecule has 3 rings (SSSR count). The van der Waals surface area contributed by atoms with Gasteiger partial charge in [0.1, 0.15) is 5.75 Å². The third kappa shape index (κ3) is 6.23. The van der Waals surface area contributed by atoms with Crippen LogP contribution in [0.2, 0.25) is 0 Å². The maximum Gasteiger partial charge on any atom is 0.271 e. The van der Waals surface area contributed by atoms with Crippen LogP contribution >= 0.6 is 0 Å². The van der Waals surface area contributed by atoms with Gasteiger partial charge in [-0.3, -0.25) is 19.7 Å². The summed E-state index contributed by atoms with van der Waals surface area (Å²) >= 11 is 0. The van der Waals surface area contributed by atoms with Gasteiger partial charge in [-0.25, -0.2) is 5.43 Å². The van der Waals surface area contributed by atoms with Crippen LogP contribution in [0.15, 0.2) is 77.9 Å². The molecule has 0 unspecified atom stereocenters. The molecule has 0 radical (unpaired) electrons. The van der Waals surface area contributed by atoms with Gasteiger partial charge in [0.05, 0.1) is 11.1 Å². The minimum absolute atomic E-state index is 0.109. The first-order valence-corrected chi connectivity index (χ1v) is 9.58. The van der Waals surface area contributed by atoms with E-state index in [1.807, 2.05) is 25.1 Å². The summed E-state index contributed by atoms with van der Waals surface area (Å²) in [6, 6.07) is 19.5. The van der Waals surface area contributed by atoms with E-state index in [2.05, 4.69) is 15.8 Å². The number of nitrogens with zero attached hydrogens (tertiary/aromatic N) is 2. The second-order valence-electron chi connectivity index (χ2n) is 6.75. The monoisotopic (exact) mass is 432 g/mol. The zero-order valence-electron chi connectivity index (χ0n) is 17.1. The Balaban J connectivity index is 1.57. The lowest BCUT2D eigenvalue weighted by atomic mass is 10.2. The predicted octanol–water partition coefficient (Wildman–Crippen LogP) is 3.68. The Bertz CT molecular complexity index is 1160. The molecule has 32 heavy (non-hydrogen) atoms. The number of nitrogens with one attached hydrogen (secondary N) is 2. The fourth-order valence-electron chi connectivity index (χ4n) is 2.74. The summed E-state index contributed by atoms with van der Waals surface area (Å²) in [6.07, 6.45) is 1.39. The van der Waals surface area contributed by atoms with Crippen molar-refractivity contribution in [1.29, 1.82) is 0 Å². The number of hydrogen-bond donors (Lipinski definition) is 2. The van der Waals surface area contributed by atoms with Gasteiger partial charge in [-0.2, -0.15) is 5.10 Å². The third-order valence-electron chi connectivity index (χ3n) is 4.29. The number of hydrogen-bond acceptors (Lipinski definition) is 6. The first-order valence-electron chi connectivity index (χ1n) is 9.58. The van der Waals surface area contributed by atoms with E-state index in [1.54, 1.807) is 30.3 Å².